The van der Waals surface area contributed by atoms with Crippen LogP contribution in [-0.2, 0) is 6.42 Å². The number of aromatic nitrogens is 2. The average molecular weight is 395 g/mol. The Balaban J connectivity index is 1.61. The van der Waals surface area contributed by atoms with Gasteiger partial charge in [0.2, 0.25) is 5.96 Å². The molecule has 0 aliphatic carbocycles. The van der Waals surface area contributed by atoms with Gasteiger partial charge >= 0.3 is 0 Å². The topological polar surface area (TPSA) is 53.9 Å². The Morgan fingerprint density at radius 1 is 1.24 bits per heavy atom. The molecule has 29 heavy (non-hydrogen) atoms. The van der Waals surface area contributed by atoms with Gasteiger partial charge in [0.1, 0.15) is 17.9 Å². The summed E-state index contributed by atoms with van der Waals surface area (Å²) in [6.07, 6.45) is 7.19. The second-order valence-electron chi connectivity index (χ2n) is 7.96. The molecule has 0 radical (unpaired) electrons. The number of guanidine groups is 1. The number of halogens is 1. The Kier molecular flexibility index (Phi) is 5.22. The van der Waals surface area contributed by atoms with Crippen LogP contribution in [-0.4, -0.2) is 58.0 Å². The first kappa shape index (κ1) is 19.4. The molecule has 1 aromatic carbocycles. The summed E-state index contributed by atoms with van der Waals surface area (Å²) in [5.41, 5.74) is 2.66. The van der Waals surface area contributed by atoms with Crippen LogP contribution < -0.4 is 4.74 Å². The summed E-state index contributed by atoms with van der Waals surface area (Å²) in [5.74, 6) is 1.27. The van der Waals surface area contributed by atoms with E-state index in [2.05, 4.69) is 39.7 Å². The van der Waals surface area contributed by atoms with Crippen LogP contribution in [0.4, 0.5) is 4.39 Å². The van der Waals surface area contributed by atoms with E-state index in [9.17, 15) is 4.39 Å². The molecule has 3 heterocycles. The van der Waals surface area contributed by atoms with Gasteiger partial charge in [-0.3, -0.25) is 0 Å². The van der Waals surface area contributed by atoms with E-state index in [0.29, 0.717) is 5.75 Å². The largest absolute Gasteiger partial charge is 0.496 e. The highest BCUT2D eigenvalue weighted by atomic mass is 19.1. The van der Waals surface area contributed by atoms with Crippen LogP contribution in [0.3, 0.4) is 0 Å². The third kappa shape index (κ3) is 3.95. The predicted molar refractivity (Wildman–Crippen MR) is 111 cm³/mol. The van der Waals surface area contributed by atoms with Gasteiger partial charge in [0.05, 0.1) is 18.5 Å². The SMILES string of the molecule is COc1cc(F)ccc1CCN1C2=NC(c3ccncn3)=CCN2CCC1(C)C. The number of nitrogens with zero attached hydrogens (tertiary/aromatic N) is 5. The molecule has 0 unspecified atom stereocenters. The van der Waals surface area contributed by atoms with Crippen LogP contribution in [0.5, 0.6) is 5.75 Å². The minimum absolute atomic E-state index is 0.0310. The summed E-state index contributed by atoms with van der Waals surface area (Å²) in [4.78, 5) is 18.0. The molecule has 6 nitrogen and oxygen atoms in total. The van der Waals surface area contributed by atoms with Gasteiger partial charge in [-0.15, -0.1) is 0 Å². The zero-order chi connectivity index (χ0) is 20.4. The highest BCUT2D eigenvalue weighted by Gasteiger charge is 2.38. The molecule has 0 spiro atoms. The van der Waals surface area contributed by atoms with Crippen LogP contribution in [0.2, 0.25) is 0 Å². The number of aliphatic imine (C=N–C) groups is 1. The van der Waals surface area contributed by atoms with Crippen LogP contribution in [0, 0.1) is 5.82 Å². The van der Waals surface area contributed by atoms with E-state index in [1.54, 1.807) is 25.7 Å². The van der Waals surface area contributed by atoms with Crippen molar-refractivity contribution in [1.82, 2.24) is 19.8 Å². The molecule has 1 saturated heterocycles. The lowest BCUT2D eigenvalue weighted by molar-refractivity contribution is 0.128. The van der Waals surface area contributed by atoms with Crippen molar-refractivity contribution in [3.05, 3.63) is 59.9 Å². The van der Waals surface area contributed by atoms with E-state index in [4.69, 9.17) is 9.73 Å². The molecule has 0 atom stereocenters. The molecule has 2 aliphatic heterocycles. The summed E-state index contributed by atoms with van der Waals surface area (Å²) in [7, 11) is 1.58. The normalized spacial score (nSPS) is 18.1. The minimum Gasteiger partial charge on any atom is -0.496 e. The molecule has 0 amide bonds. The molecule has 152 valence electrons. The van der Waals surface area contributed by atoms with E-state index in [0.717, 1.165) is 55.4 Å². The van der Waals surface area contributed by atoms with Crippen LogP contribution >= 0.6 is 0 Å². The highest BCUT2D eigenvalue weighted by molar-refractivity contribution is 5.89. The van der Waals surface area contributed by atoms with Gasteiger partial charge in [-0.05, 0) is 50.5 Å². The summed E-state index contributed by atoms with van der Waals surface area (Å²) >= 11 is 0. The maximum absolute atomic E-state index is 13.5. The van der Waals surface area contributed by atoms with Crippen molar-refractivity contribution >= 4 is 11.7 Å². The van der Waals surface area contributed by atoms with Gasteiger partial charge < -0.3 is 14.5 Å². The second-order valence-corrected chi connectivity index (χ2v) is 7.96. The van der Waals surface area contributed by atoms with Gasteiger partial charge in [-0.1, -0.05) is 6.07 Å². The summed E-state index contributed by atoms with van der Waals surface area (Å²) < 4.78 is 18.9. The molecule has 1 aromatic heterocycles. The fraction of sp³-hybridized carbons (Fsp3) is 0.409. The Morgan fingerprint density at radius 3 is 2.86 bits per heavy atom. The van der Waals surface area contributed by atoms with Crippen molar-refractivity contribution in [2.75, 3.05) is 26.7 Å². The molecule has 7 heteroatoms. The number of ether oxygens (including phenoxy) is 1. The molecule has 2 aliphatic rings. The van der Waals surface area contributed by atoms with Crippen LogP contribution in [0.1, 0.15) is 31.5 Å². The fourth-order valence-corrected chi connectivity index (χ4v) is 3.90. The summed E-state index contributed by atoms with van der Waals surface area (Å²) in [6, 6.07) is 6.61. The summed E-state index contributed by atoms with van der Waals surface area (Å²) in [5, 5.41) is 0. The molecular formula is C22H26FN5O. The number of benzene rings is 1. The Bertz CT molecular complexity index is 941. The standard InChI is InChI=1S/C22H26FN5O/c1-22(2)9-13-27-11-8-19(18-6-10-24-15-25-18)26-21(27)28(22)12-7-16-4-5-17(23)14-20(16)29-3/h4-6,8,10,14-15H,7,9,11-13H2,1-3H3. The molecule has 0 N–H and O–H groups in total. The Hall–Kier alpha value is -2.96. The third-order valence-corrected chi connectivity index (χ3v) is 5.67. The Labute approximate surface area is 170 Å². The van der Waals surface area contributed by atoms with Crippen molar-refractivity contribution in [1.29, 1.82) is 0 Å². The van der Waals surface area contributed by atoms with Gasteiger partial charge in [0, 0.05) is 37.4 Å². The number of fused-ring (bicyclic) bond motifs is 1. The summed E-state index contributed by atoms with van der Waals surface area (Å²) in [6.45, 7) is 7.04. The fourth-order valence-electron chi connectivity index (χ4n) is 3.90. The van der Waals surface area contributed by atoms with Crippen LogP contribution in [0.25, 0.3) is 5.70 Å². The lowest BCUT2D eigenvalue weighted by Crippen LogP contribution is -2.61. The number of rotatable bonds is 5. The lowest BCUT2D eigenvalue weighted by Gasteiger charge is -2.50. The van der Waals surface area contributed by atoms with Crippen LogP contribution in [0.15, 0.2) is 47.9 Å². The van der Waals surface area contributed by atoms with Crippen molar-refractivity contribution < 1.29 is 9.13 Å². The molecule has 2 aromatic rings. The average Bonchev–Trinajstić information content (AvgIpc) is 2.73. The first-order chi connectivity index (χ1) is 14.0. The first-order valence-corrected chi connectivity index (χ1v) is 9.88. The highest BCUT2D eigenvalue weighted by Crippen LogP contribution is 2.31. The molecule has 1 fully saturated rings. The van der Waals surface area contributed by atoms with Gasteiger partial charge in [-0.25, -0.2) is 19.4 Å². The van der Waals surface area contributed by atoms with E-state index >= 15 is 0 Å². The first-order valence-electron chi connectivity index (χ1n) is 9.88. The van der Waals surface area contributed by atoms with Gasteiger partial charge in [0.25, 0.3) is 0 Å². The van der Waals surface area contributed by atoms with Gasteiger partial charge in [0.15, 0.2) is 0 Å². The van der Waals surface area contributed by atoms with Gasteiger partial charge in [-0.2, -0.15) is 0 Å². The molecule has 4 rings (SSSR count). The zero-order valence-corrected chi connectivity index (χ0v) is 17.1. The predicted octanol–water partition coefficient (Wildman–Crippen LogP) is 3.36. The van der Waals surface area contributed by atoms with Crippen molar-refractivity contribution in [3.8, 4) is 5.75 Å². The van der Waals surface area contributed by atoms with Crippen molar-refractivity contribution in [3.63, 3.8) is 0 Å². The monoisotopic (exact) mass is 395 g/mol. The van der Waals surface area contributed by atoms with Crippen molar-refractivity contribution in [2.45, 2.75) is 32.2 Å². The quantitative estimate of drug-likeness (QED) is 0.777. The van der Waals surface area contributed by atoms with E-state index in [1.165, 1.54) is 12.1 Å². The van der Waals surface area contributed by atoms with E-state index in [-0.39, 0.29) is 11.4 Å². The number of hydrogen-bond acceptors (Lipinski definition) is 6. The third-order valence-electron chi connectivity index (χ3n) is 5.67. The van der Waals surface area contributed by atoms with E-state index < -0.39 is 0 Å². The molecule has 0 saturated carbocycles. The second kappa shape index (κ2) is 7.81. The zero-order valence-electron chi connectivity index (χ0n) is 17.1. The number of hydrogen-bond donors (Lipinski definition) is 0. The Morgan fingerprint density at radius 2 is 2.10 bits per heavy atom. The van der Waals surface area contributed by atoms with Crippen molar-refractivity contribution in [2.24, 2.45) is 4.99 Å². The molecule has 0 bridgehead atoms. The molecular weight excluding hydrogens is 369 g/mol. The van der Waals surface area contributed by atoms with E-state index in [1.807, 2.05) is 6.07 Å². The number of methoxy groups -OCH3 is 1. The maximum atomic E-state index is 13.5. The minimum atomic E-state index is -0.286. The maximum Gasteiger partial charge on any atom is 0.202 e. The smallest absolute Gasteiger partial charge is 0.202 e. The lowest BCUT2D eigenvalue weighted by atomic mass is 9.94.